The van der Waals surface area contributed by atoms with E-state index in [1.165, 1.54) is 42.6 Å². The maximum Gasteiger partial charge on any atom is 0.340 e. The number of benzene rings is 2. The number of fused-ring (bicyclic) bond motifs is 1. The van der Waals surface area contributed by atoms with Crippen LogP contribution in [0.2, 0.25) is 0 Å². The van der Waals surface area contributed by atoms with Crippen LogP contribution in [0.1, 0.15) is 22.3 Å². The molecule has 0 atom stereocenters. The minimum atomic E-state index is -2.84. The van der Waals surface area contributed by atoms with Crippen LogP contribution in [0.25, 0.3) is 17.0 Å². The highest BCUT2D eigenvalue weighted by atomic mass is 32.2. The number of rotatable bonds is 7. The zero-order chi connectivity index (χ0) is 24.2. The van der Waals surface area contributed by atoms with Gasteiger partial charge in [0.2, 0.25) is 10.9 Å². The number of ether oxygens (including phenoxy) is 1. The topological polar surface area (TPSA) is 98.5 Å². The Kier molecular flexibility index (Phi) is 6.69. The molecule has 4 rings (SSSR count). The van der Waals surface area contributed by atoms with E-state index in [0.717, 1.165) is 6.20 Å². The normalized spacial score (nSPS) is 11.4. The van der Waals surface area contributed by atoms with Crippen LogP contribution in [-0.4, -0.2) is 13.4 Å². The maximum absolute atomic E-state index is 14.9. The van der Waals surface area contributed by atoms with Crippen LogP contribution >= 0.6 is 0 Å². The molecule has 7 nitrogen and oxygen atoms in total. The lowest BCUT2D eigenvalue weighted by atomic mass is 9.98. The fourth-order valence-corrected chi connectivity index (χ4v) is 3.64. The standard InChI is InChI=1S/C24H18F2N2O5S/c1-14-18-8-7-17(32-23-20(25)6-3-10-27-23)13-21(18)33-24(29)19(14)12-16-5-2-4-15(22(16)26)9-11-28-34(30)31/h2-11,13,34H,12H2,1H3,(H,28,30,31). The molecular formula is C24H18F2N2O5S. The molecule has 0 saturated carbocycles. The second kappa shape index (κ2) is 9.84. The summed E-state index contributed by atoms with van der Waals surface area (Å²) in [5.74, 6) is -1.19. The molecule has 0 unspecified atom stereocenters. The summed E-state index contributed by atoms with van der Waals surface area (Å²) in [6.45, 7) is 1.73. The summed E-state index contributed by atoms with van der Waals surface area (Å²) >= 11 is 0. The fourth-order valence-electron chi connectivity index (χ4n) is 3.44. The van der Waals surface area contributed by atoms with Gasteiger partial charge in [-0.15, -0.1) is 0 Å². The number of hydrogen-bond acceptors (Lipinski definition) is 6. The minimum Gasteiger partial charge on any atom is -0.436 e. The van der Waals surface area contributed by atoms with Gasteiger partial charge in [-0.1, -0.05) is 18.2 Å². The lowest BCUT2D eigenvalue weighted by molar-refractivity contribution is 0.422. The van der Waals surface area contributed by atoms with Gasteiger partial charge >= 0.3 is 5.63 Å². The number of pyridine rings is 1. The van der Waals surface area contributed by atoms with Crippen molar-refractivity contribution >= 4 is 27.9 Å². The predicted octanol–water partition coefficient (Wildman–Crippen LogP) is 4.24. The Hall–Kier alpha value is -4.05. The molecule has 0 aliphatic rings. The van der Waals surface area contributed by atoms with Crippen molar-refractivity contribution in [2.45, 2.75) is 13.3 Å². The molecule has 0 fully saturated rings. The molecule has 174 valence electrons. The zero-order valence-corrected chi connectivity index (χ0v) is 18.6. The van der Waals surface area contributed by atoms with Crippen LogP contribution < -0.4 is 15.1 Å². The first kappa shape index (κ1) is 23.1. The Morgan fingerprint density at radius 3 is 2.74 bits per heavy atom. The van der Waals surface area contributed by atoms with Gasteiger partial charge in [-0.25, -0.2) is 27.0 Å². The molecular weight excluding hydrogens is 466 g/mol. The molecule has 34 heavy (non-hydrogen) atoms. The second-order valence-corrected chi connectivity index (χ2v) is 8.03. The number of thiol groups is 1. The summed E-state index contributed by atoms with van der Waals surface area (Å²) < 4.78 is 62.9. The van der Waals surface area contributed by atoms with Gasteiger partial charge in [-0.05, 0) is 48.4 Å². The lowest BCUT2D eigenvalue weighted by Gasteiger charge is -2.11. The third kappa shape index (κ3) is 4.96. The SMILES string of the molecule is Cc1c(Cc2cccc(C=CN[SH](=O)=O)c2F)c(=O)oc2cc(Oc3ncccc3F)ccc12. The van der Waals surface area contributed by atoms with Crippen LogP contribution in [0.5, 0.6) is 11.6 Å². The van der Waals surface area contributed by atoms with Gasteiger partial charge in [0.15, 0.2) is 5.82 Å². The number of aryl methyl sites for hydroxylation is 1. The molecule has 2 aromatic carbocycles. The van der Waals surface area contributed by atoms with Crippen LogP contribution in [0, 0.1) is 18.6 Å². The molecule has 0 spiro atoms. The van der Waals surface area contributed by atoms with E-state index in [4.69, 9.17) is 9.15 Å². The first-order chi connectivity index (χ1) is 16.3. The first-order valence-corrected chi connectivity index (χ1v) is 11.2. The van der Waals surface area contributed by atoms with Crippen molar-refractivity contribution in [1.29, 1.82) is 0 Å². The number of aromatic nitrogens is 1. The smallest absolute Gasteiger partial charge is 0.340 e. The largest absolute Gasteiger partial charge is 0.436 e. The quantitative estimate of drug-likeness (QED) is 0.301. The van der Waals surface area contributed by atoms with Crippen molar-refractivity contribution in [3.63, 3.8) is 0 Å². The second-order valence-electron chi connectivity index (χ2n) is 7.26. The van der Waals surface area contributed by atoms with Gasteiger partial charge in [-0.2, -0.15) is 0 Å². The number of nitrogens with zero attached hydrogens (tertiary/aromatic N) is 1. The summed E-state index contributed by atoms with van der Waals surface area (Å²) in [4.78, 5) is 16.6. The molecule has 2 aromatic heterocycles. The average molecular weight is 484 g/mol. The fraction of sp³-hybridized carbons (Fsp3) is 0.0833. The maximum atomic E-state index is 14.9. The summed E-state index contributed by atoms with van der Waals surface area (Å²) in [5.41, 5.74) is 0.874. The van der Waals surface area contributed by atoms with E-state index in [1.54, 1.807) is 25.1 Å². The molecule has 0 aliphatic heterocycles. The third-order valence-electron chi connectivity index (χ3n) is 5.12. The third-order valence-corrected chi connectivity index (χ3v) is 5.48. The van der Waals surface area contributed by atoms with Crippen LogP contribution in [0.3, 0.4) is 0 Å². The van der Waals surface area contributed by atoms with E-state index >= 15 is 0 Å². The Bertz CT molecular complexity index is 1540. The van der Waals surface area contributed by atoms with Crippen molar-refractivity contribution in [3.8, 4) is 11.6 Å². The molecule has 2 heterocycles. The molecule has 4 aromatic rings. The molecule has 0 aliphatic carbocycles. The van der Waals surface area contributed by atoms with Crippen LogP contribution in [0.15, 0.2) is 70.1 Å². The zero-order valence-electron chi connectivity index (χ0n) is 17.7. The van der Waals surface area contributed by atoms with Gasteiger partial charge in [0.1, 0.15) is 17.1 Å². The summed E-state index contributed by atoms with van der Waals surface area (Å²) in [6.07, 6.45) is 3.76. The van der Waals surface area contributed by atoms with E-state index in [9.17, 15) is 22.0 Å². The average Bonchev–Trinajstić information content (AvgIpc) is 2.80. The predicted molar refractivity (Wildman–Crippen MR) is 123 cm³/mol. The summed E-state index contributed by atoms with van der Waals surface area (Å²) in [7, 11) is -2.84. The molecule has 0 radical (unpaired) electrons. The van der Waals surface area contributed by atoms with Gasteiger partial charge in [0.25, 0.3) is 5.88 Å². The van der Waals surface area contributed by atoms with Gasteiger partial charge in [0, 0.05) is 41.4 Å². The Labute approximate surface area is 194 Å². The highest BCUT2D eigenvalue weighted by molar-refractivity contribution is 7.70. The van der Waals surface area contributed by atoms with E-state index in [2.05, 4.69) is 9.71 Å². The summed E-state index contributed by atoms with van der Waals surface area (Å²) in [5, 5.41) is 0.614. The number of halogens is 2. The van der Waals surface area contributed by atoms with E-state index in [1.807, 2.05) is 0 Å². The minimum absolute atomic E-state index is 0.0295. The molecule has 0 saturated heterocycles. The van der Waals surface area contributed by atoms with Crippen molar-refractivity contribution in [1.82, 2.24) is 9.71 Å². The van der Waals surface area contributed by atoms with E-state index < -0.39 is 28.2 Å². The molecule has 0 bridgehead atoms. The lowest BCUT2D eigenvalue weighted by Crippen LogP contribution is -2.12. The molecule has 10 heteroatoms. The van der Waals surface area contributed by atoms with Crippen molar-refractivity contribution in [2.75, 3.05) is 0 Å². The van der Waals surface area contributed by atoms with Crippen LogP contribution in [0.4, 0.5) is 8.78 Å². The Balaban J connectivity index is 1.66. The first-order valence-electron chi connectivity index (χ1n) is 10.0. The van der Waals surface area contributed by atoms with Crippen molar-refractivity contribution in [2.24, 2.45) is 0 Å². The molecule has 0 amide bonds. The number of hydrogen-bond donors (Lipinski definition) is 2. The highest BCUT2D eigenvalue weighted by Gasteiger charge is 2.16. The summed E-state index contributed by atoms with van der Waals surface area (Å²) in [6, 6.07) is 12.0. The van der Waals surface area contributed by atoms with Crippen molar-refractivity contribution < 1.29 is 26.4 Å². The van der Waals surface area contributed by atoms with Gasteiger partial charge < -0.3 is 9.15 Å². The van der Waals surface area contributed by atoms with E-state index in [0.29, 0.717) is 10.9 Å². The van der Waals surface area contributed by atoms with Gasteiger partial charge in [0.05, 0.1) is 0 Å². The number of nitrogens with one attached hydrogen (secondary N) is 1. The van der Waals surface area contributed by atoms with E-state index in [-0.39, 0.29) is 40.3 Å². The Morgan fingerprint density at radius 2 is 1.97 bits per heavy atom. The Morgan fingerprint density at radius 1 is 1.15 bits per heavy atom. The van der Waals surface area contributed by atoms with Gasteiger partial charge in [-0.3, -0.25) is 4.72 Å². The van der Waals surface area contributed by atoms with Crippen LogP contribution in [-0.2, 0) is 17.3 Å². The molecule has 1 N–H and O–H groups in total. The monoisotopic (exact) mass is 484 g/mol. The van der Waals surface area contributed by atoms with Crippen molar-refractivity contribution in [3.05, 3.63) is 105 Å². The highest BCUT2D eigenvalue weighted by Crippen LogP contribution is 2.29.